The van der Waals surface area contributed by atoms with Gasteiger partial charge in [0, 0.05) is 26.2 Å². The van der Waals surface area contributed by atoms with Gasteiger partial charge in [-0.3, -0.25) is 4.90 Å². The van der Waals surface area contributed by atoms with E-state index in [-0.39, 0.29) is 12.4 Å². The number of benzene rings is 2. The summed E-state index contributed by atoms with van der Waals surface area (Å²) < 4.78 is 6.25. The lowest BCUT2D eigenvalue weighted by Gasteiger charge is -2.22. The first kappa shape index (κ1) is 19.0. The molecular formula is C17H22BrClN2O. The molecule has 0 aliphatic rings. The van der Waals surface area contributed by atoms with E-state index in [1.807, 2.05) is 12.1 Å². The molecule has 2 N–H and O–H groups in total. The monoisotopic (exact) mass is 384 g/mol. The Labute approximate surface area is 147 Å². The van der Waals surface area contributed by atoms with Gasteiger partial charge in [0.05, 0.1) is 11.6 Å². The highest BCUT2D eigenvalue weighted by molar-refractivity contribution is 9.10. The van der Waals surface area contributed by atoms with Gasteiger partial charge in [-0.2, -0.15) is 0 Å². The van der Waals surface area contributed by atoms with Crippen molar-refractivity contribution in [2.75, 3.05) is 20.2 Å². The molecule has 0 aliphatic carbocycles. The molecule has 0 radical (unpaired) electrons. The van der Waals surface area contributed by atoms with Gasteiger partial charge in [-0.1, -0.05) is 36.4 Å². The first-order chi connectivity index (χ1) is 10.2. The van der Waals surface area contributed by atoms with Crippen molar-refractivity contribution in [1.82, 2.24) is 4.90 Å². The van der Waals surface area contributed by atoms with Crippen LogP contribution in [0.4, 0.5) is 0 Å². The number of nitrogens with two attached hydrogens (primary N) is 1. The van der Waals surface area contributed by atoms with Gasteiger partial charge in [-0.15, -0.1) is 12.4 Å². The first-order valence-corrected chi connectivity index (χ1v) is 7.81. The molecule has 0 spiro atoms. The summed E-state index contributed by atoms with van der Waals surface area (Å²) >= 11 is 3.53. The Balaban J connectivity index is 0.00000242. The van der Waals surface area contributed by atoms with Crippen LogP contribution in [0.2, 0.25) is 0 Å². The van der Waals surface area contributed by atoms with Crippen molar-refractivity contribution < 1.29 is 4.74 Å². The summed E-state index contributed by atoms with van der Waals surface area (Å²) in [5.74, 6) is 0.854. The van der Waals surface area contributed by atoms with Crippen LogP contribution in [0.1, 0.15) is 11.1 Å². The molecule has 2 aromatic carbocycles. The van der Waals surface area contributed by atoms with E-state index in [4.69, 9.17) is 10.5 Å². The molecule has 0 saturated heterocycles. The van der Waals surface area contributed by atoms with Crippen molar-refractivity contribution in [1.29, 1.82) is 0 Å². The lowest BCUT2D eigenvalue weighted by atomic mass is 10.1. The van der Waals surface area contributed by atoms with Crippen molar-refractivity contribution in [3.63, 3.8) is 0 Å². The van der Waals surface area contributed by atoms with E-state index < -0.39 is 0 Å². The molecule has 0 amide bonds. The highest BCUT2D eigenvalue weighted by atomic mass is 79.9. The number of hydrogen-bond donors (Lipinski definition) is 1. The fraction of sp³-hybridized carbons (Fsp3) is 0.294. The van der Waals surface area contributed by atoms with Gasteiger partial charge in [-0.25, -0.2) is 0 Å². The maximum absolute atomic E-state index is 5.74. The number of halogens is 2. The first-order valence-electron chi connectivity index (χ1n) is 7.01. The molecule has 5 heteroatoms. The quantitative estimate of drug-likeness (QED) is 0.787. The molecule has 120 valence electrons. The SMILES string of the molecule is COc1ccc(CN(CCN)Cc2ccccc2)cc1Br.Cl. The minimum Gasteiger partial charge on any atom is -0.496 e. The van der Waals surface area contributed by atoms with E-state index in [2.05, 4.69) is 57.2 Å². The molecule has 0 bridgehead atoms. The van der Waals surface area contributed by atoms with E-state index in [0.29, 0.717) is 6.54 Å². The van der Waals surface area contributed by atoms with Gasteiger partial charge in [0.25, 0.3) is 0 Å². The second-order valence-corrected chi connectivity index (χ2v) is 5.81. The fourth-order valence-corrected chi connectivity index (χ4v) is 2.89. The fourth-order valence-electron chi connectivity index (χ4n) is 2.30. The Bertz CT molecular complexity index is 566. The third-order valence-electron chi connectivity index (χ3n) is 3.32. The Kier molecular flexibility index (Phi) is 8.49. The lowest BCUT2D eigenvalue weighted by Crippen LogP contribution is -2.28. The van der Waals surface area contributed by atoms with Crippen molar-refractivity contribution in [2.45, 2.75) is 13.1 Å². The second kappa shape index (κ2) is 9.85. The summed E-state index contributed by atoms with van der Waals surface area (Å²) in [6, 6.07) is 16.7. The third kappa shape index (κ3) is 5.61. The Hall–Kier alpha value is -1.07. The number of rotatable bonds is 7. The molecule has 0 aromatic heterocycles. The highest BCUT2D eigenvalue weighted by Gasteiger charge is 2.08. The minimum atomic E-state index is 0. The van der Waals surface area contributed by atoms with E-state index in [1.54, 1.807) is 7.11 Å². The predicted octanol–water partition coefficient (Wildman–Crippen LogP) is 3.84. The summed E-state index contributed by atoms with van der Waals surface area (Å²) in [5.41, 5.74) is 8.29. The van der Waals surface area contributed by atoms with Crippen molar-refractivity contribution in [2.24, 2.45) is 5.73 Å². The van der Waals surface area contributed by atoms with E-state index in [9.17, 15) is 0 Å². The van der Waals surface area contributed by atoms with Crippen LogP contribution in [0.15, 0.2) is 53.0 Å². The summed E-state index contributed by atoms with van der Waals surface area (Å²) in [4.78, 5) is 2.35. The maximum Gasteiger partial charge on any atom is 0.133 e. The molecule has 22 heavy (non-hydrogen) atoms. The average Bonchev–Trinajstić information content (AvgIpc) is 2.49. The van der Waals surface area contributed by atoms with E-state index in [1.165, 1.54) is 11.1 Å². The second-order valence-electron chi connectivity index (χ2n) is 4.95. The predicted molar refractivity (Wildman–Crippen MR) is 97.6 cm³/mol. The normalized spacial score (nSPS) is 10.4. The van der Waals surface area contributed by atoms with Crippen LogP contribution >= 0.6 is 28.3 Å². The topological polar surface area (TPSA) is 38.5 Å². The van der Waals surface area contributed by atoms with Crippen LogP contribution in [0.5, 0.6) is 5.75 Å². The van der Waals surface area contributed by atoms with Crippen LogP contribution in [-0.4, -0.2) is 25.1 Å². The third-order valence-corrected chi connectivity index (χ3v) is 3.94. The largest absolute Gasteiger partial charge is 0.496 e. The Morgan fingerprint density at radius 3 is 2.32 bits per heavy atom. The molecule has 0 saturated carbocycles. The van der Waals surface area contributed by atoms with Crippen molar-refractivity contribution in [3.8, 4) is 5.75 Å². The van der Waals surface area contributed by atoms with Crippen LogP contribution in [-0.2, 0) is 13.1 Å². The van der Waals surface area contributed by atoms with Gasteiger partial charge in [0.2, 0.25) is 0 Å². The van der Waals surface area contributed by atoms with E-state index in [0.717, 1.165) is 29.9 Å². The Morgan fingerprint density at radius 2 is 1.73 bits per heavy atom. The molecule has 0 atom stereocenters. The summed E-state index contributed by atoms with van der Waals surface area (Å²) in [5, 5.41) is 0. The summed E-state index contributed by atoms with van der Waals surface area (Å²) in [7, 11) is 1.68. The zero-order chi connectivity index (χ0) is 15.1. The van der Waals surface area contributed by atoms with Gasteiger partial charge in [-0.05, 0) is 39.2 Å². The average molecular weight is 386 g/mol. The Morgan fingerprint density at radius 1 is 1.05 bits per heavy atom. The van der Waals surface area contributed by atoms with Crippen molar-refractivity contribution in [3.05, 3.63) is 64.1 Å². The van der Waals surface area contributed by atoms with Crippen LogP contribution in [0, 0.1) is 0 Å². The number of hydrogen-bond acceptors (Lipinski definition) is 3. The van der Waals surface area contributed by atoms with Gasteiger partial charge >= 0.3 is 0 Å². The van der Waals surface area contributed by atoms with Gasteiger partial charge in [0.1, 0.15) is 5.75 Å². The van der Waals surface area contributed by atoms with Crippen LogP contribution in [0.3, 0.4) is 0 Å². The molecule has 2 aromatic rings. The number of ether oxygens (including phenoxy) is 1. The summed E-state index contributed by atoms with van der Waals surface area (Å²) in [6.45, 7) is 3.30. The molecule has 0 unspecified atom stereocenters. The molecular weight excluding hydrogens is 364 g/mol. The zero-order valence-electron chi connectivity index (χ0n) is 12.7. The van der Waals surface area contributed by atoms with Gasteiger partial charge < -0.3 is 10.5 Å². The standard InChI is InChI=1S/C17H21BrN2O.ClH/c1-21-17-8-7-15(11-16(17)18)13-20(10-9-19)12-14-5-3-2-4-6-14;/h2-8,11H,9-10,12-13,19H2,1H3;1H. The molecule has 0 fully saturated rings. The van der Waals surface area contributed by atoms with Crippen LogP contribution in [0.25, 0.3) is 0 Å². The highest BCUT2D eigenvalue weighted by Crippen LogP contribution is 2.26. The van der Waals surface area contributed by atoms with Crippen LogP contribution < -0.4 is 10.5 Å². The molecule has 3 nitrogen and oxygen atoms in total. The molecule has 0 heterocycles. The lowest BCUT2D eigenvalue weighted by molar-refractivity contribution is 0.264. The molecule has 2 rings (SSSR count). The number of methoxy groups -OCH3 is 1. The summed E-state index contributed by atoms with van der Waals surface area (Å²) in [6.07, 6.45) is 0. The minimum absolute atomic E-state index is 0. The van der Waals surface area contributed by atoms with E-state index >= 15 is 0 Å². The smallest absolute Gasteiger partial charge is 0.133 e. The molecule has 0 aliphatic heterocycles. The maximum atomic E-state index is 5.74. The zero-order valence-corrected chi connectivity index (χ0v) is 15.1. The van der Waals surface area contributed by atoms with Crippen molar-refractivity contribution >= 4 is 28.3 Å². The van der Waals surface area contributed by atoms with Gasteiger partial charge in [0.15, 0.2) is 0 Å². The number of nitrogens with zero attached hydrogens (tertiary/aromatic N) is 1.